The van der Waals surface area contributed by atoms with Crippen LogP contribution in [-0.4, -0.2) is 25.8 Å². The summed E-state index contributed by atoms with van der Waals surface area (Å²) in [6.45, 7) is 1.02. The molecule has 0 spiro atoms. The lowest BCUT2D eigenvalue weighted by Crippen LogP contribution is -2.32. The summed E-state index contributed by atoms with van der Waals surface area (Å²) in [6, 6.07) is 9.65. The highest BCUT2D eigenvalue weighted by Crippen LogP contribution is 2.30. The van der Waals surface area contributed by atoms with E-state index in [4.69, 9.17) is 16.0 Å². The van der Waals surface area contributed by atoms with Crippen molar-refractivity contribution in [2.75, 3.05) is 6.54 Å². The topological polar surface area (TPSA) is 120 Å². The lowest BCUT2D eigenvalue weighted by Gasteiger charge is -2.17. The Bertz CT molecular complexity index is 1240. The first kappa shape index (κ1) is 22.4. The molecule has 1 atom stereocenters. The summed E-state index contributed by atoms with van der Waals surface area (Å²) in [7, 11) is -4.09. The van der Waals surface area contributed by atoms with E-state index < -0.39 is 38.3 Å². The van der Waals surface area contributed by atoms with Gasteiger partial charge in [-0.2, -0.15) is 0 Å². The van der Waals surface area contributed by atoms with Crippen molar-refractivity contribution in [1.82, 2.24) is 5.32 Å². The van der Waals surface area contributed by atoms with E-state index in [1.807, 2.05) is 0 Å². The molecule has 1 amide bonds. The summed E-state index contributed by atoms with van der Waals surface area (Å²) in [6.07, 6.45) is 1.28. The molecule has 0 aliphatic heterocycles. The lowest BCUT2D eigenvalue weighted by molar-refractivity contribution is -0.384. The number of carbonyl (C=O) groups is 1. The molecule has 162 valence electrons. The first-order valence-electron chi connectivity index (χ1n) is 8.87. The Morgan fingerprint density at radius 3 is 2.61 bits per heavy atom. The molecule has 1 heterocycles. The van der Waals surface area contributed by atoms with Gasteiger partial charge in [0.15, 0.2) is 9.84 Å². The van der Waals surface area contributed by atoms with Crippen LogP contribution in [0, 0.1) is 22.9 Å². The first-order chi connectivity index (χ1) is 14.6. The third-order valence-electron chi connectivity index (χ3n) is 4.55. The van der Waals surface area contributed by atoms with Crippen molar-refractivity contribution in [2.24, 2.45) is 0 Å². The van der Waals surface area contributed by atoms with E-state index in [1.165, 1.54) is 37.5 Å². The van der Waals surface area contributed by atoms with Crippen molar-refractivity contribution in [3.63, 3.8) is 0 Å². The van der Waals surface area contributed by atoms with Gasteiger partial charge in [-0.05, 0) is 48.9 Å². The number of hydrogen-bond acceptors (Lipinski definition) is 6. The van der Waals surface area contributed by atoms with Crippen LogP contribution in [0.15, 0.2) is 64.1 Å². The molecule has 1 unspecified atom stereocenters. The molecule has 3 rings (SSSR count). The molecule has 0 aliphatic carbocycles. The van der Waals surface area contributed by atoms with Crippen LogP contribution in [-0.2, 0) is 9.84 Å². The van der Waals surface area contributed by atoms with Crippen molar-refractivity contribution in [3.8, 4) is 0 Å². The van der Waals surface area contributed by atoms with E-state index in [1.54, 1.807) is 0 Å². The molecule has 0 saturated heterocycles. The number of benzene rings is 2. The largest absolute Gasteiger partial charge is 0.468 e. The van der Waals surface area contributed by atoms with Gasteiger partial charge in [-0.15, -0.1) is 0 Å². The van der Waals surface area contributed by atoms with Crippen molar-refractivity contribution in [2.45, 2.75) is 17.1 Å². The molecular weight excluding hydrogens is 451 g/mol. The number of nitrogens with zero attached hydrogens (tertiary/aromatic N) is 1. The van der Waals surface area contributed by atoms with Crippen molar-refractivity contribution < 1.29 is 26.9 Å². The van der Waals surface area contributed by atoms with E-state index in [9.17, 15) is 27.7 Å². The Labute approximate surface area is 181 Å². The van der Waals surface area contributed by atoms with Crippen molar-refractivity contribution in [1.29, 1.82) is 0 Å². The van der Waals surface area contributed by atoms with Crippen molar-refractivity contribution in [3.05, 3.63) is 92.6 Å². The monoisotopic (exact) mass is 466 g/mol. The number of hydrogen-bond donors (Lipinski definition) is 1. The third kappa shape index (κ3) is 4.75. The van der Waals surface area contributed by atoms with Crippen LogP contribution in [0.25, 0.3) is 0 Å². The molecule has 11 heteroatoms. The van der Waals surface area contributed by atoms with Gasteiger partial charge in [-0.1, -0.05) is 11.6 Å². The molecule has 1 aromatic heterocycles. The van der Waals surface area contributed by atoms with Crippen LogP contribution in [0.5, 0.6) is 0 Å². The highest BCUT2D eigenvalue weighted by molar-refractivity contribution is 7.91. The number of nitro benzene ring substituents is 1. The molecule has 2 aromatic carbocycles. The number of amides is 1. The summed E-state index contributed by atoms with van der Waals surface area (Å²) >= 11 is 5.97. The molecule has 0 radical (unpaired) electrons. The van der Waals surface area contributed by atoms with Gasteiger partial charge in [0.05, 0.1) is 26.7 Å². The van der Waals surface area contributed by atoms with Gasteiger partial charge in [0.2, 0.25) is 0 Å². The minimum atomic E-state index is -4.09. The van der Waals surface area contributed by atoms with E-state index in [-0.39, 0.29) is 32.5 Å². The Morgan fingerprint density at radius 1 is 1.26 bits per heavy atom. The smallest absolute Gasteiger partial charge is 0.270 e. The summed E-state index contributed by atoms with van der Waals surface area (Å²) in [5.74, 6) is -1.29. The van der Waals surface area contributed by atoms with E-state index in [2.05, 4.69) is 5.32 Å². The Morgan fingerprint density at radius 2 is 2.00 bits per heavy atom. The maximum Gasteiger partial charge on any atom is 0.270 e. The Balaban J connectivity index is 1.91. The second-order valence-electron chi connectivity index (χ2n) is 6.59. The molecule has 3 aromatic rings. The fraction of sp³-hybridized carbons (Fsp3) is 0.150. The quantitative estimate of drug-likeness (QED) is 0.316. The average Bonchev–Trinajstić information content (AvgIpc) is 3.24. The zero-order valence-corrected chi connectivity index (χ0v) is 17.6. The number of halogens is 2. The molecule has 1 N–H and O–H groups in total. The molecule has 0 aliphatic rings. The van der Waals surface area contributed by atoms with Crippen LogP contribution in [0.2, 0.25) is 5.02 Å². The second kappa shape index (κ2) is 8.86. The second-order valence-corrected chi connectivity index (χ2v) is 9.13. The number of non-ortho nitro benzene ring substituents is 1. The fourth-order valence-corrected chi connectivity index (χ4v) is 4.75. The maximum atomic E-state index is 13.6. The van der Waals surface area contributed by atoms with E-state index in [0.717, 1.165) is 24.3 Å². The standard InChI is InChI=1S/C20H16ClFN2O6S/c1-12-9-14(5-7-17(12)22)31(28,29)19(18-3-2-8-30-18)11-23-20(25)15-10-13(24(26)27)4-6-16(15)21/h2-10,19H,11H2,1H3,(H,23,25). The third-order valence-corrected chi connectivity index (χ3v) is 6.94. The van der Waals surface area contributed by atoms with Gasteiger partial charge in [-0.3, -0.25) is 14.9 Å². The van der Waals surface area contributed by atoms with Gasteiger partial charge >= 0.3 is 0 Å². The zero-order chi connectivity index (χ0) is 22.8. The van der Waals surface area contributed by atoms with Crippen LogP contribution in [0.4, 0.5) is 10.1 Å². The minimum absolute atomic E-state index is 0.0327. The molecule has 8 nitrogen and oxygen atoms in total. The number of aryl methyl sites for hydroxylation is 1. The normalized spacial score (nSPS) is 12.4. The van der Waals surface area contributed by atoms with Crippen LogP contribution < -0.4 is 5.32 Å². The average molecular weight is 467 g/mol. The van der Waals surface area contributed by atoms with E-state index >= 15 is 0 Å². The summed E-state index contributed by atoms with van der Waals surface area (Å²) < 4.78 is 45.3. The van der Waals surface area contributed by atoms with Crippen LogP contribution in [0.3, 0.4) is 0 Å². The van der Waals surface area contributed by atoms with Crippen LogP contribution >= 0.6 is 11.6 Å². The maximum absolute atomic E-state index is 13.6. The number of carbonyl (C=O) groups excluding carboxylic acids is 1. The van der Waals surface area contributed by atoms with Crippen LogP contribution in [0.1, 0.15) is 26.9 Å². The first-order valence-corrected chi connectivity index (χ1v) is 10.8. The predicted molar refractivity (Wildman–Crippen MR) is 110 cm³/mol. The van der Waals surface area contributed by atoms with Gasteiger partial charge in [0, 0.05) is 18.7 Å². The number of sulfone groups is 1. The highest BCUT2D eigenvalue weighted by atomic mass is 35.5. The number of rotatable bonds is 7. The SMILES string of the molecule is Cc1cc(S(=O)(=O)C(CNC(=O)c2cc([N+](=O)[O-])ccc2Cl)c2ccco2)ccc1F. The summed E-state index contributed by atoms with van der Waals surface area (Å²) in [5, 5.41) is 12.0. The number of nitrogens with one attached hydrogen (secondary N) is 1. The minimum Gasteiger partial charge on any atom is -0.468 e. The molecular formula is C20H16ClFN2O6S. The predicted octanol–water partition coefficient (Wildman–Crippen LogP) is 4.23. The summed E-state index contributed by atoms with van der Waals surface area (Å²) in [4.78, 5) is 22.7. The fourth-order valence-electron chi connectivity index (χ4n) is 2.88. The highest BCUT2D eigenvalue weighted by Gasteiger charge is 2.32. The van der Waals surface area contributed by atoms with Gasteiger partial charge < -0.3 is 9.73 Å². The molecule has 31 heavy (non-hydrogen) atoms. The molecule has 0 bridgehead atoms. The lowest BCUT2D eigenvalue weighted by atomic mass is 10.2. The zero-order valence-electron chi connectivity index (χ0n) is 16.0. The van der Waals surface area contributed by atoms with Gasteiger partial charge in [0.25, 0.3) is 11.6 Å². The molecule has 0 fully saturated rings. The Hall–Kier alpha value is -3.24. The van der Waals surface area contributed by atoms with Gasteiger partial charge in [0.1, 0.15) is 16.8 Å². The van der Waals surface area contributed by atoms with Gasteiger partial charge in [-0.25, -0.2) is 12.8 Å². The Kier molecular flexibility index (Phi) is 6.42. The van der Waals surface area contributed by atoms with Crippen molar-refractivity contribution >= 4 is 33.0 Å². The molecule has 0 saturated carbocycles. The summed E-state index contributed by atoms with van der Waals surface area (Å²) in [5.41, 5.74) is -0.373. The van der Waals surface area contributed by atoms with E-state index in [0.29, 0.717) is 0 Å². The number of nitro groups is 1. The number of furan rings is 1.